The van der Waals surface area contributed by atoms with Crippen LogP contribution in [0.4, 0.5) is 0 Å². The van der Waals surface area contributed by atoms with Crippen molar-refractivity contribution in [3.8, 4) is 0 Å². The van der Waals surface area contributed by atoms with Gasteiger partial charge in [-0.15, -0.1) is 0 Å². The predicted octanol–water partition coefficient (Wildman–Crippen LogP) is 3.45. The van der Waals surface area contributed by atoms with E-state index in [0.717, 1.165) is 25.9 Å². The number of aryl methyl sites for hydroxylation is 1. The van der Waals surface area contributed by atoms with E-state index in [0.29, 0.717) is 41.2 Å². The van der Waals surface area contributed by atoms with Crippen LogP contribution in [0.3, 0.4) is 0 Å². The van der Waals surface area contributed by atoms with Crippen molar-refractivity contribution >= 4 is 21.7 Å². The zero-order valence-electron chi connectivity index (χ0n) is 15.2. The van der Waals surface area contributed by atoms with Crippen LogP contribution < -0.4 is 11.0 Å². The van der Waals surface area contributed by atoms with Crippen molar-refractivity contribution in [3.63, 3.8) is 0 Å². The fourth-order valence-corrected chi connectivity index (χ4v) is 3.67. The Hall–Kier alpha value is -2.50. The van der Waals surface area contributed by atoms with Gasteiger partial charge in [0.1, 0.15) is 0 Å². The second-order valence-corrected chi connectivity index (χ2v) is 6.87. The highest BCUT2D eigenvalue weighted by Gasteiger charge is 2.14. The van der Waals surface area contributed by atoms with E-state index in [2.05, 4.69) is 0 Å². The van der Waals surface area contributed by atoms with E-state index >= 15 is 0 Å². The summed E-state index contributed by atoms with van der Waals surface area (Å²) in [5, 5.41) is 1.48. The average molecular weight is 365 g/mol. The van der Waals surface area contributed by atoms with Crippen LogP contribution >= 0.6 is 0 Å². The minimum absolute atomic E-state index is 0.107. The van der Waals surface area contributed by atoms with Gasteiger partial charge in [0.25, 0.3) is 5.56 Å². The van der Waals surface area contributed by atoms with Gasteiger partial charge >= 0.3 is 0 Å². The van der Waals surface area contributed by atoms with E-state index in [1.807, 2.05) is 18.2 Å². The standard InChI is InChI=1S/C22H23NO4/c24-21-16-8-1-2-9-17(16)22(25)23(19-11-4-3-10-18(19)21)13-7-15-27-20-12-5-6-14-26-20/h1-4,8-11,20H,5-7,12-15H2. The Bertz CT molecular complexity index is 1070. The molecule has 1 aliphatic heterocycles. The first-order valence-electron chi connectivity index (χ1n) is 9.53. The Balaban J connectivity index is 1.68. The summed E-state index contributed by atoms with van der Waals surface area (Å²) >= 11 is 0. The molecule has 5 nitrogen and oxygen atoms in total. The minimum Gasteiger partial charge on any atom is -0.353 e. The molecular formula is C22H23NO4. The molecule has 1 aromatic heterocycles. The zero-order valence-corrected chi connectivity index (χ0v) is 15.2. The normalized spacial score (nSPS) is 17.4. The lowest BCUT2D eigenvalue weighted by molar-refractivity contribution is -0.162. The van der Waals surface area contributed by atoms with Crippen molar-refractivity contribution in [2.24, 2.45) is 0 Å². The number of hydrogen-bond donors (Lipinski definition) is 0. The van der Waals surface area contributed by atoms with Crippen molar-refractivity contribution < 1.29 is 9.47 Å². The van der Waals surface area contributed by atoms with Gasteiger partial charge in [0.15, 0.2) is 11.7 Å². The van der Waals surface area contributed by atoms with Crippen LogP contribution in [0.2, 0.25) is 0 Å². The molecule has 1 unspecified atom stereocenters. The highest BCUT2D eigenvalue weighted by molar-refractivity contribution is 5.90. The topological polar surface area (TPSA) is 57.5 Å². The van der Waals surface area contributed by atoms with Gasteiger partial charge in [-0.25, -0.2) is 0 Å². The van der Waals surface area contributed by atoms with Crippen LogP contribution in [0.5, 0.6) is 0 Å². The van der Waals surface area contributed by atoms with Crippen LogP contribution in [0.25, 0.3) is 21.7 Å². The first-order valence-corrected chi connectivity index (χ1v) is 9.53. The Kier molecular flexibility index (Phi) is 5.32. The Labute approximate surface area is 157 Å². The molecule has 1 fully saturated rings. The van der Waals surface area contributed by atoms with Crippen LogP contribution in [0.1, 0.15) is 25.7 Å². The summed E-state index contributed by atoms with van der Waals surface area (Å²) in [7, 11) is 0. The highest BCUT2D eigenvalue weighted by Crippen LogP contribution is 2.15. The van der Waals surface area contributed by atoms with E-state index in [1.165, 1.54) is 0 Å². The number of nitrogens with zero attached hydrogens (tertiary/aromatic N) is 1. The monoisotopic (exact) mass is 365 g/mol. The third-order valence-corrected chi connectivity index (χ3v) is 5.05. The van der Waals surface area contributed by atoms with Gasteiger partial charge in [-0.3, -0.25) is 9.59 Å². The molecule has 2 heterocycles. The molecule has 27 heavy (non-hydrogen) atoms. The molecule has 2 aromatic carbocycles. The van der Waals surface area contributed by atoms with Crippen LogP contribution in [0, 0.1) is 0 Å². The fourth-order valence-electron chi connectivity index (χ4n) is 3.67. The maximum absolute atomic E-state index is 13.1. The summed E-state index contributed by atoms with van der Waals surface area (Å²) in [6, 6.07) is 14.3. The maximum atomic E-state index is 13.1. The Morgan fingerprint density at radius 1 is 0.963 bits per heavy atom. The molecule has 140 valence electrons. The van der Waals surface area contributed by atoms with Gasteiger partial charge in [0, 0.05) is 23.9 Å². The lowest BCUT2D eigenvalue weighted by Crippen LogP contribution is -2.24. The number of para-hydroxylation sites is 1. The molecule has 0 radical (unpaired) electrons. The Morgan fingerprint density at radius 2 is 1.70 bits per heavy atom. The quantitative estimate of drug-likeness (QED) is 0.650. The second kappa shape index (κ2) is 8.03. The third kappa shape index (κ3) is 3.66. The lowest BCUT2D eigenvalue weighted by atomic mass is 10.1. The molecule has 5 heteroatoms. The van der Waals surface area contributed by atoms with Crippen molar-refractivity contribution in [1.29, 1.82) is 0 Å². The number of benzene rings is 2. The Morgan fingerprint density at radius 3 is 2.48 bits per heavy atom. The molecule has 0 N–H and O–H groups in total. The summed E-state index contributed by atoms with van der Waals surface area (Å²) in [6.45, 7) is 1.76. The van der Waals surface area contributed by atoms with E-state index in [1.54, 1.807) is 34.9 Å². The molecule has 0 aliphatic carbocycles. The molecule has 0 amide bonds. The highest BCUT2D eigenvalue weighted by atomic mass is 16.7. The molecule has 1 atom stereocenters. The number of aromatic nitrogens is 1. The zero-order chi connectivity index (χ0) is 18.6. The minimum atomic E-state index is -0.141. The largest absolute Gasteiger partial charge is 0.353 e. The van der Waals surface area contributed by atoms with Crippen molar-refractivity contribution in [2.75, 3.05) is 13.2 Å². The fraction of sp³-hybridized carbons (Fsp3) is 0.364. The molecule has 0 saturated carbocycles. The van der Waals surface area contributed by atoms with Crippen LogP contribution in [-0.2, 0) is 16.0 Å². The van der Waals surface area contributed by atoms with Crippen molar-refractivity contribution in [2.45, 2.75) is 38.5 Å². The predicted molar refractivity (Wildman–Crippen MR) is 106 cm³/mol. The van der Waals surface area contributed by atoms with Gasteiger partial charge in [-0.2, -0.15) is 0 Å². The van der Waals surface area contributed by atoms with Gasteiger partial charge in [-0.05, 0) is 43.9 Å². The maximum Gasteiger partial charge on any atom is 0.259 e. The van der Waals surface area contributed by atoms with E-state index < -0.39 is 0 Å². The molecule has 3 aromatic rings. The molecule has 0 bridgehead atoms. The number of rotatable bonds is 5. The SMILES string of the molecule is O=c1c2ccccc2c(=O)n(CCCOC2CCCCO2)c2ccccc12. The summed E-state index contributed by atoms with van der Waals surface area (Å²) in [6.07, 6.45) is 3.69. The van der Waals surface area contributed by atoms with Crippen LogP contribution in [0.15, 0.2) is 58.1 Å². The number of fused-ring (bicyclic) bond motifs is 2. The van der Waals surface area contributed by atoms with E-state index in [-0.39, 0.29) is 17.3 Å². The summed E-state index contributed by atoms with van der Waals surface area (Å²) in [5.74, 6) is 0. The van der Waals surface area contributed by atoms with Gasteiger partial charge in [0.05, 0.1) is 17.5 Å². The van der Waals surface area contributed by atoms with Crippen molar-refractivity contribution in [1.82, 2.24) is 4.57 Å². The molecule has 4 rings (SSSR count). The van der Waals surface area contributed by atoms with E-state index in [4.69, 9.17) is 9.47 Å². The van der Waals surface area contributed by atoms with Crippen molar-refractivity contribution in [3.05, 3.63) is 69.1 Å². The third-order valence-electron chi connectivity index (χ3n) is 5.05. The van der Waals surface area contributed by atoms with Gasteiger partial charge in [-0.1, -0.05) is 30.3 Å². The molecule has 0 spiro atoms. The first kappa shape index (κ1) is 17.9. The lowest BCUT2D eigenvalue weighted by Gasteiger charge is -2.22. The van der Waals surface area contributed by atoms with Gasteiger partial charge in [0.2, 0.25) is 0 Å². The van der Waals surface area contributed by atoms with E-state index in [9.17, 15) is 9.59 Å². The molecule has 1 aliphatic rings. The number of ether oxygens (including phenoxy) is 2. The van der Waals surface area contributed by atoms with Gasteiger partial charge < -0.3 is 14.0 Å². The first-order chi connectivity index (χ1) is 13.3. The molecular weight excluding hydrogens is 342 g/mol. The summed E-state index contributed by atoms with van der Waals surface area (Å²) < 4.78 is 13.1. The molecule has 1 saturated heterocycles. The summed E-state index contributed by atoms with van der Waals surface area (Å²) in [5.41, 5.74) is 0.416. The number of hydrogen-bond acceptors (Lipinski definition) is 4. The second-order valence-electron chi connectivity index (χ2n) is 6.87. The smallest absolute Gasteiger partial charge is 0.259 e. The van der Waals surface area contributed by atoms with Crippen LogP contribution in [-0.4, -0.2) is 24.1 Å². The average Bonchev–Trinajstić information content (AvgIpc) is 2.81. The summed E-state index contributed by atoms with van der Waals surface area (Å²) in [4.78, 5) is 26.1.